The first-order chi connectivity index (χ1) is 14.3. The summed E-state index contributed by atoms with van der Waals surface area (Å²) in [5.74, 6) is 0.803. The van der Waals surface area contributed by atoms with Gasteiger partial charge < -0.3 is 14.6 Å². The molecular formula is C22H21F3N4O. The number of anilines is 1. The molecule has 8 heteroatoms. The van der Waals surface area contributed by atoms with Crippen molar-refractivity contribution in [2.24, 2.45) is 0 Å². The van der Waals surface area contributed by atoms with Gasteiger partial charge in [0.15, 0.2) is 11.6 Å². The highest BCUT2D eigenvalue weighted by Gasteiger charge is 2.34. The van der Waals surface area contributed by atoms with Crippen molar-refractivity contribution >= 4 is 27.7 Å². The first-order valence-corrected chi connectivity index (χ1v) is 9.58. The Morgan fingerprint density at radius 3 is 2.57 bits per heavy atom. The van der Waals surface area contributed by atoms with E-state index in [2.05, 4.69) is 15.3 Å². The van der Waals surface area contributed by atoms with E-state index in [0.29, 0.717) is 29.1 Å². The van der Waals surface area contributed by atoms with E-state index in [-0.39, 0.29) is 11.3 Å². The number of furan rings is 1. The van der Waals surface area contributed by atoms with Gasteiger partial charge in [-0.25, -0.2) is 9.97 Å². The van der Waals surface area contributed by atoms with Crippen LogP contribution in [-0.2, 0) is 6.18 Å². The molecule has 0 aliphatic rings. The standard InChI is InChI=1S/C22H21F3N4O/c1-29(2)12-6-11-26-20-15-8-5-9-16(22(23,24)25)19(15)27-21(28-20)18-13-14-7-3-4-10-17(14)30-18/h3-5,7-10,13H,6,11-12H2,1-2H3,(H,26,27,28). The molecule has 0 radical (unpaired) electrons. The van der Waals surface area contributed by atoms with Crippen molar-refractivity contribution in [1.29, 1.82) is 0 Å². The van der Waals surface area contributed by atoms with Crippen LogP contribution in [0.25, 0.3) is 33.5 Å². The largest absolute Gasteiger partial charge is 0.453 e. The second-order valence-electron chi connectivity index (χ2n) is 7.33. The average Bonchev–Trinajstić information content (AvgIpc) is 3.14. The number of fused-ring (bicyclic) bond motifs is 2. The summed E-state index contributed by atoms with van der Waals surface area (Å²) in [6.07, 6.45) is -3.71. The maximum Gasteiger partial charge on any atom is 0.418 e. The number of benzene rings is 2. The normalized spacial score (nSPS) is 12.2. The number of nitrogens with one attached hydrogen (secondary N) is 1. The number of halogens is 3. The van der Waals surface area contributed by atoms with Gasteiger partial charge in [-0.1, -0.05) is 24.3 Å². The molecule has 0 saturated carbocycles. The van der Waals surface area contributed by atoms with Gasteiger partial charge in [-0.2, -0.15) is 13.2 Å². The zero-order valence-corrected chi connectivity index (χ0v) is 16.6. The van der Waals surface area contributed by atoms with Gasteiger partial charge in [0.1, 0.15) is 11.4 Å². The lowest BCUT2D eigenvalue weighted by atomic mass is 10.1. The molecule has 4 aromatic rings. The second kappa shape index (κ2) is 7.95. The van der Waals surface area contributed by atoms with Gasteiger partial charge >= 0.3 is 6.18 Å². The summed E-state index contributed by atoms with van der Waals surface area (Å²) in [5.41, 5.74) is -0.317. The highest BCUT2D eigenvalue weighted by molar-refractivity contribution is 5.93. The Hall–Kier alpha value is -3.13. The number of alkyl halides is 3. The molecule has 0 fully saturated rings. The molecule has 0 atom stereocenters. The van der Waals surface area contributed by atoms with Crippen LogP contribution in [0.3, 0.4) is 0 Å². The Labute approximate surface area is 171 Å². The highest BCUT2D eigenvalue weighted by Crippen LogP contribution is 2.37. The molecule has 2 aromatic heterocycles. The minimum Gasteiger partial charge on any atom is -0.453 e. The summed E-state index contributed by atoms with van der Waals surface area (Å²) < 4.78 is 46.7. The number of hydrogen-bond donors (Lipinski definition) is 1. The lowest BCUT2D eigenvalue weighted by Gasteiger charge is -2.15. The number of hydrogen-bond acceptors (Lipinski definition) is 5. The molecule has 2 heterocycles. The van der Waals surface area contributed by atoms with Crippen LogP contribution in [0.2, 0.25) is 0 Å². The van der Waals surface area contributed by atoms with Gasteiger partial charge in [-0.3, -0.25) is 0 Å². The molecule has 4 rings (SSSR count). The van der Waals surface area contributed by atoms with Crippen molar-refractivity contribution < 1.29 is 17.6 Å². The SMILES string of the molecule is CN(C)CCCNc1nc(-c2cc3ccccc3o2)nc2c(C(F)(F)F)cccc12. The predicted octanol–water partition coefficient (Wildman–Crippen LogP) is 5.43. The Morgan fingerprint density at radius 2 is 1.83 bits per heavy atom. The van der Waals surface area contributed by atoms with Crippen molar-refractivity contribution in [2.75, 3.05) is 32.5 Å². The van der Waals surface area contributed by atoms with Crippen LogP contribution in [0.4, 0.5) is 19.0 Å². The third-order valence-corrected chi connectivity index (χ3v) is 4.75. The molecule has 0 aliphatic carbocycles. The lowest BCUT2D eigenvalue weighted by molar-refractivity contribution is -0.136. The van der Waals surface area contributed by atoms with Crippen molar-refractivity contribution in [3.8, 4) is 11.6 Å². The lowest BCUT2D eigenvalue weighted by Crippen LogP contribution is -2.17. The van der Waals surface area contributed by atoms with E-state index in [9.17, 15) is 13.2 Å². The summed E-state index contributed by atoms with van der Waals surface area (Å²) >= 11 is 0. The molecular weight excluding hydrogens is 393 g/mol. The minimum absolute atomic E-state index is 0.116. The van der Waals surface area contributed by atoms with Crippen molar-refractivity contribution in [1.82, 2.24) is 14.9 Å². The number of nitrogens with zero attached hydrogens (tertiary/aromatic N) is 3. The fourth-order valence-corrected chi connectivity index (χ4v) is 3.32. The van der Waals surface area contributed by atoms with Crippen LogP contribution in [0.15, 0.2) is 52.9 Å². The van der Waals surface area contributed by atoms with Crippen LogP contribution in [0, 0.1) is 0 Å². The maximum atomic E-state index is 13.6. The van der Waals surface area contributed by atoms with Crippen LogP contribution in [0.1, 0.15) is 12.0 Å². The van der Waals surface area contributed by atoms with Crippen LogP contribution in [0.5, 0.6) is 0 Å². The molecule has 156 valence electrons. The van der Waals surface area contributed by atoms with Crippen LogP contribution < -0.4 is 5.32 Å². The Kier molecular flexibility index (Phi) is 5.34. The monoisotopic (exact) mass is 414 g/mol. The summed E-state index contributed by atoms with van der Waals surface area (Å²) in [5, 5.41) is 4.34. The third-order valence-electron chi connectivity index (χ3n) is 4.75. The molecule has 0 aliphatic heterocycles. The van der Waals surface area contributed by atoms with Gasteiger partial charge in [0.2, 0.25) is 0 Å². The van der Waals surface area contributed by atoms with E-state index in [1.807, 2.05) is 37.2 Å². The van der Waals surface area contributed by atoms with Gasteiger partial charge in [0, 0.05) is 17.3 Å². The topological polar surface area (TPSA) is 54.2 Å². The first kappa shape index (κ1) is 20.2. The van der Waals surface area contributed by atoms with Crippen LogP contribution in [-0.4, -0.2) is 42.1 Å². The van der Waals surface area contributed by atoms with Gasteiger partial charge in [0.05, 0.1) is 11.1 Å². The number of aromatic nitrogens is 2. The molecule has 5 nitrogen and oxygen atoms in total. The van der Waals surface area contributed by atoms with E-state index < -0.39 is 11.7 Å². The molecule has 0 unspecified atom stereocenters. The summed E-state index contributed by atoms with van der Waals surface area (Å²) in [6, 6.07) is 13.1. The van der Waals surface area contributed by atoms with Crippen molar-refractivity contribution in [3.63, 3.8) is 0 Å². The van der Waals surface area contributed by atoms with Crippen LogP contribution >= 0.6 is 0 Å². The molecule has 0 amide bonds. The average molecular weight is 414 g/mol. The number of rotatable bonds is 6. The smallest absolute Gasteiger partial charge is 0.418 e. The third kappa shape index (κ3) is 4.09. The van der Waals surface area contributed by atoms with Crippen molar-refractivity contribution in [2.45, 2.75) is 12.6 Å². The van der Waals surface area contributed by atoms with E-state index in [4.69, 9.17) is 4.42 Å². The molecule has 30 heavy (non-hydrogen) atoms. The molecule has 2 aromatic carbocycles. The zero-order chi connectivity index (χ0) is 21.3. The van der Waals surface area contributed by atoms with Gasteiger partial charge in [0.25, 0.3) is 0 Å². The van der Waals surface area contributed by atoms with E-state index in [0.717, 1.165) is 24.4 Å². The van der Waals surface area contributed by atoms with E-state index >= 15 is 0 Å². The molecule has 1 N–H and O–H groups in total. The predicted molar refractivity (Wildman–Crippen MR) is 111 cm³/mol. The fraction of sp³-hybridized carbons (Fsp3) is 0.273. The van der Waals surface area contributed by atoms with E-state index in [1.165, 1.54) is 6.07 Å². The van der Waals surface area contributed by atoms with E-state index in [1.54, 1.807) is 18.2 Å². The summed E-state index contributed by atoms with van der Waals surface area (Å²) in [7, 11) is 3.94. The molecule has 0 bridgehead atoms. The fourth-order valence-electron chi connectivity index (χ4n) is 3.32. The summed E-state index contributed by atoms with van der Waals surface area (Å²) in [6.45, 7) is 1.42. The zero-order valence-electron chi connectivity index (χ0n) is 16.6. The quantitative estimate of drug-likeness (QED) is 0.427. The first-order valence-electron chi connectivity index (χ1n) is 9.58. The molecule has 0 spiro atoms. The van der Waals surface area contributed by atoms with Crippen molar-refractivity contribution in [3.05, 3.63) is 54.1 Å². The van der Waals surface area contributed by atoms with Gasteiger partial charge in [-0.05, 0) is 51.3 Å². The Balaban J connectivity index is 1.83. The summed E-state index contributed by atoms with van der Waals surface area (Å²) in [4.78, 5) is 10.8. The highest BCUT2D eigenvalue weighted by atomic mass is 19.4. The number of para-hydroxylation sites is 2. The maximum absolute atomic E-state index is 13.6. The second-order valence-corrected chi connectivity index (χ2v) is 7.33. The molecule has 0 saturated heterocycles. The van der Waals surface area contributed by atoms with Gasteiger partial charge in [-0.15, -0.1) is 0 Å². The minimum atomic E-state index is -4.53. The Morgan fingerprint density at radius 1 is 1.03 bits per heavy atom. The Bertz CT molecular complexity index is 1150.